The molecule has 0 atom stereocenters. The number of aromatic amines is 1. The minimum absolute atomic E-state index is 0.00945. The molecule has 36 heavy (non-hydrogen) atoms. The second-order valence-corrected chi connectivity index (χ2v) is 8.45. The van der Waals surface area contributed by atoms with Crippen LogP contribution in [0.2, 0.25) is 5.02 Å². The summed E-state index contributed by atoms with van der Waals surface area (Å²) in [5.41, 5.74) is 0.210. The zero-order valence-electron chi connectivity index (χ0n) is 19.1. The number of amides is 1. The number of hydrogen-bond acceptors (Lipinski definition) is 5. The van der Waals surface area contributed by atoms with Crippen molar-refractivity contribution < 1.29 is 22.7 Å². The molecule has 0 bridgehead atoms. The topological polar surface area (TPSA) is 82.3 Å². The quantitative estimate of drug-likeness (QED) is 0.430. The summed E-state index contributed by atoms with van der Waals surface area (Å²) in [6.45, 7) is 4.69. The van der Waals surface area contributed by atoms with Gasteiger partial charge in [-0.1, -0.05) is 23.6 Å². The van der Waals surface area contributed by atoms with Gasteiger partial charge >= 0.3 is 12.1 Å². The summed E-state index contributed by atoms with van der Waals surface area (Å²) < 4.78 is 44.9. The van der Waals surface area contributed by atoms with Crippen molar-refractivity contribution in [3.8, 4) is 29.0 Å². The Morgan fingerprint density at radius 2 is 2.00 bits per heavy atom. The van der Waals surface area contributed by atoms with Crippen LogP contribution in [0.3, 0.4) is 0 Å². The summed E-state index contributed by atoms with van der Waals surface area (Å²) in [7, 11) is 0. The van der Waals surface area contributed by atoms with Crippen LogP contribution in [-0.4, -0.2) is 60.1 Å². The highest BCUT2D eigenvalue weighted by atomic mass is 35.5. The highest BCUT2D eigenvalue weighted by molar-refractivity contribution is 6.30. The SMILES string of the molecule is O=C(C#Cc1cccc(Cl)c1)Nc1cc(-c2ncc(C(F)(F)F)[nH]2)ccc1OCCN1CCNCC1. The molecular formula is C25H23ClF3N5O2. The predicted octanol–water partition coefficient (Wildman–Crippen LogP) is 4.02. The maximum Gasteiger partial charge on any atom is 0.432 e. The average Bonchev–Trinajstić information content (AvgIpc) is 3.36. The molecule has 1 saturated heterocycles. The first-order chi connectivity index (χ1) is 17.3. The van der Waals surface area contributed by atoms with Crippen LogP contribution < -0.4 is 15.4 Å². The van der Waals surface area contributed by atoms with Crippen molar-refractivity contribution in [2.24, 2.45) is 0 Å². The number of nitrogens with zero attached hydrogens (tertiary/aromatic N) is 2. The number of H-pyrrole nitrogens is 1. The van der Waals surface area contributed by atoms with Crippen molar-refractivity contribution in [3.63, 3.8) is 0 Å². The lowest BCUT2D eigenvalue weighted by Gasteiger charge is -2.27. The van der Waals surface area contributed by atoms with Gasteiger partial charge in [0.15, 0.2) is 0 Å². The zero-order chi connectivity index (χ0) is 25.5. The normalized spacial score (nSPS) is 14.1. The summed E-state index contributed by atoms with van der Waals surface area (Å²) in [6.07, 6.45) is -3.83. The van der Waals surface area contributed by atoms with Crippen molar-refractivity contribution in [3.05, 3.63) is 64.9 Å². The Kier molecular flexibility index (Phi) is 8.15. The van der Waals surface area contributed by atoms with Crippen molar-refractivity contribution in [2.45, 2.75) is 6.18 Å². The van der Waals surface area contributed by atoms with E-state index in [1.165, 1.54) is 6.07 Å². The lowest BCUT2D eigenvalue weighted by molar-refractivity contribution is -0.140. The van der Waals surface area contributed by atoms with Crippen molar-refractivity contribution in [1.29, 1.82) is 0 Å². The first kappa shape index (κ1) is 25.6. The maximum atomic E-state index is 13.0. The monoisotopic (exact) mass is 517 g/mol. The van der Waals surface area contributed by atoms with Crippen molar-refractivity contribution >= 4 is 23.2 Å². The van der Waals surface area contributed by atoms with E-state index < -0.39 is 17.8 Å². The molecule has 188 valence electrons. The lowest BCUT2D eigenvalue weighted by Crippen LogP contribution is -2.44. The van der Waals surface area contributed by atoms with E-state index in [1.54, 1.807) is 36.4 Å². The van der Waals surface area contributed by atoms with Gasteiger partial charge in [0, 0.05) is 54.8 Å². The number of piperazine rings is 1. The fourth-order valence-corrected chi connectivity index (χ4v) is 3.77. The Hall–Kier alpha value is -3.52. The van der Waals surface area contributed by atoms with Crippen molar-refractivity contribution in [1.82, 2.24) is 20.2 Å². The molecule has 0 radical (unpaired) electrons. The van der Waals surface area contributed by atoms with Crippen LogP contribution in [0.15, 0.2) is 48.7 Å². The minimum Gasteiger partial charge on any atom is -0.490 e. The van der Waals surface area contributed by atoms with Gasteiger partial charge in [0.2, 0.25) is 0 Å². The number of benzene rings is 2. The molecule has 0 aliphatic carbocycles. The van der Waals surface area contributed by atoms with Crippen LogP contribution in [-0.2, 0) is 11.0 Å². The Bertz CT molecular complexity index is 1280. The molecule has 11 heteroatoms. The van der Waals surface area contributed by atoms with Gasteiger partial charge < -0.3 is 20.4 Å². The fourth-order valence-electron chi connectivity index (χ4n) is 3.58. The first-order valence-corrected chi connectivity index (χ1v) is 11.6. The molecule has 3 N–H and O–H groups in total. The summed E-state index contributed by atoms with van der Waals surface area (Å²) in [4.78, 5) is 20.9. The Morgan fingerprint density at radius 1 is 1.19 bits per heavy atom. The van der Waals surface area contributed by atoms with Crippen LogP contribution in [0, 0.1) is 11.8 Å². The third-order valence-electron chi connectivity index (χ3n) is 5.40. The van der Waals surface area contributed by atoms with E-state index in [-0.39, 0.29) is 11.5 Å². The third kappa shape index (κ3) is 7.01. The number of imidazole rings is 1. The van der Waals surface area contributed by atoms with Gasteiger partial charge in [0.1, 0.15) is 23.9 Å². The molecule has 1 amide bonds. The van der Waals surface area contributed by atoms with E-state index in [9.17, 15) is 18.0 Å². The number of anilines is 1. The molecule has 0 saturated carbocycles. The van der Waals surface area contributed by atoms with Gasteiger partial charge in [-0.25, -0.2) is 4.98 Å². The van der Waals surface area contributed by atoms with E-state index in [2.05, 4.69) is 37.3 Å². The Labute approximate surface area is 211 Å². The van der Waals surface area contributed by atoms with Gasteiger partial charge in [-0.3, -0.25) is 9.69 Å². The predicted molar refractivity (Wildman–Crippen MR) is 131 cm³/mol. The van der Waals surface area contributed by atoms with Crippen LogP contribution in [0.5, 0.6) is 5.75 Å². The number of carbonyl (C=O) groups excluding carboxylic acids is 1. The highest BCUT2D eigenvalue weighted by Gasteiger charge is 2.33. The maximum absolute atomic E-state index is 13.0. The molecule has 2 heterocycles. The average molecular weight is 518 g/mol. The number of aromatic nitrogens is 2. The number of nitrogens with one attached hydrogen (secondary N) is 3. The van der Waals surface area contributed by atoms with Crippen LogP contribution >= 0.6 is 11.6 Å². The molecule has 1 fully saturated rings. The molecule has 3 aromatic rings. The number of alkyl halides is 3. The number of carbonyl (C=O) groups is 1. The van der Waals surface area contributed by atoms with Crippen LogP contribution in [0.4, 0.5) is 18.9 Å². The fraction of sp³-hybridized carbons (Fsp3) is 0.280. The number of rotatable bonds is 6. The van der Waals surface area contributed by atoms with Crippen molar-refractivity contribution in [2.75, 3.05) is 44.6 Å². The molecule has 0 unspecified atom stereocenters. The summed E-state index contributed by atoms with van der Waals surface area (Å²) in [5.74, 6) is 4.99. The summed E-state index contributed by atoms with van der Waals surface area (Å²) in [6, 6.07) is 11.4. The number of hydrogen-bond donors (Lipinski definition) is 3. The van der Waals surface area contributed by atoms with E-state index in [4.69, 9.17) is 16.3 Å². The second kappa shape index (κ2) is 11.5. The third-order valence-corrected chi connectivity index (χ3v) is 5.64. The Morgan fingerprint density at radius 3 is 2.72 bits per heavy atom. The van der Waals surface area contributed by atoms with Crippen LogP contribution in [0.25, 0.3) is 11.4 Å². The van der Waals surface area contributed by atoms with Gasteiger partial charge in [-0.05, 0) is 36.4 Å². The largest absolute Gasteiger partial charge is 0.490 e. The molecule has 4 rings (SSSR count). The standard InChI is InChI=1S/C25H23ClF3N5O2/c26-19-3-1-2-17(14-19)4-7-23(35)32-20-15-18(24-31-16-22(33-24)25(27,28)29)5-6-21(20)36-13-12-34-10-8-30-9-11-34/h1-3,5-6,14-16,30H,8-13H2,(H,31,33)(H,32,35). The van der Waals surface area contributed by atoms with Gasteiger partial charge in [0.05, 0.1) is 11.9 Å². The molecule has 1 aliphatic heterocycles. The van der Waals surface area contributed by atoms with Gasteiger partial charge in [0.25, 0.3) is 0 Å². The van der Waals surface area contributed by atoms with E-state index >= 15 is 0 Å². The van der Waals surface area contributed by atoms with E-state index in [1.807, 2.05) is 0 Å². The van der Waals surface area contributed by atoms with E-state index in [0.717, 1.165) is 32.4 Å². The van der Waals surface area contributed by atoms with Crippen LogP contribution in [0.1, 0.15) is 11.3 Å². The minimum atomic E-state index is -4.55. The summed E-state index contributed by atoms with van der Waals surface area (Å²) >= 11 is 5.95. The highest BCUT2D eigenvalue weighted by Crippen LogP contribution is 2.32. The number of ether oxygens (including phenoxy) is 1. The Balaban J connectivity index is 1.53. The summed E-state index contributed by atoms with van der Waals surface area (Å²) in [5, 5.41) is 6.45. The zero-order valence-corrected chi connectivity index (χ0v) is 19.8. The molecule has 1 aromatic heterocycles. The molecule has 2 aromatic carbocycles. The lowest BCUT2D eigenvalue weighted by atomic mass is 10.1. The smallest absolute Gasteiger partial charge is 0.432 e. The first-order valence-electron chi connectivity index (χ1n) is 11.2. The molecular weight excluding hydrogens is 495 g/mol. The number of halogens is 4. The van der Waals surface area contributed by atoms with E-state index in [0.29, 0.717) is 35.1 Å². The van der Waals surface area contributed by atoms with Gasteiger partial charge in [-0.2, -0.15) is 13.2 Å². The van der Waals surface area contributed by atoms with Gasteiger partial charge in [-0.15, -0.1) is 0 Å². The molecule has 0 spiro atoms. The second-order valence-electron chi connectivity index (χ2n) is 8.01. The molecule has 1 aliphatic rings. The molecule has 7 nitrogen and oxygen atoms in total.